The van der Waals surface area contributed by atoms with Gasteiger partial charge < -0.3 is 5.73 Å². The summed E-state index contributed by atoms with van der Waals surface area (Å²) in [5.74, 6) is 0. The maximum atomic E-state index is 12.2. The fourth-order valence-corrected chi connectivity index (χ4v) is 3.83. The molecule has 1 saturated heterocycles. The van der Waals surface area contributed by atoms with Crippen molar-refractivity contribution in [2.75, 3.05) is 25.4 Å². The molecule has 0 bridgehead atoms. The highest BCUT2D eigenvalue weighted by molar-refractivity contribution is 7.87. The van der Waals surface area contributed by atoms with Crippen LogP contribution >= 0.6 is 0 Å². The van der Waals surface area contributed by atoms with Crippen LogP contribution in [-0.2, 0) is 16.8 Å². The van der Waals surface area contributed by atoms with Crippen LogP contribution in [0.25, 0.3) is 0 Å². The first-order valence-electron chi connectivity index (χ1n) is 6.13. The summed E-state index contributed by atoms with van der Waals surface area (Å²) in [6, 6.07) is 7.36. The molecule has 2 N–H and O–H groups in total. The van der Waals surface area contributed by atoms with Gasteiger partial charge in [-0.3, -0.25) is 0 Å². The van der Waals surface area contributed by atoms with E-state index in [0.717, 1.165) is 12.0 Å². The molecule has 6 heteroatoms. The fourth-order valence-electron chi connectivity index (χ4n) is 2.15. The van der Waals surface area contributed by atoms with Gasteiger partial charge in [-0.15, -0.1) is 0 Å². The molecule has 0 aliphatic carbocycles. The van der Waals surface area contributed by atoms with Crippen LogP contribution in [0.4, 0.5) is 5.69 Å². The molecule has 0 amide bonds. The SMILES string of the molecule is CCCN1CCN(Cc2cccc(N)c2)S1(=O)=O. The molecule has 0 saturated carbocycles. The van der Waals surface area contributed by atoms with Gasteiger partial charge in [0.25, 0.3) is 10.2 Å². The summed E-state index contributed by atoms with van der Waals surface area (Å²) in [7, 11) is -3.28. The molecule has 1 aromatic rings. The number of benzene rings is 1. The van der Waals surface area contributed by atoms with Gasteiger partial charge in [-0.1, -0.05) is 19.1 Å². The zero-order chi connectivity index (χ0) is 13.2. The van der Waals surface area contributed by atoms with Crippen LogP contribution in [0.3, 0.4) is 0 Å². The first-order chi connectivity index (χ1) is 8.54. The molecule has 0 atom stereocenters. The van der Waals surface area contributed by atoms with Gasteiger partial charge >= 0.3 is 0 Å². The van der Waals surface area contributed by atoms with E-state index in [0.29, 0.717) is 31.9 Å². The van der Waals surface area contributed by atoms with E-state index in [9.17, 15) is 8.42 Å². The van der Waals surface area contributed by atoms with Gasteiger partial charge in [-0.25, -0.2) is 0 Å². The van der Waals surface area contributed by atoms with Crippen LogP contribution in [0.5, 0.6) is 0 Å². The van der Waals surface area contributed by atoms with Crippen LogP contribution in [0, 0.1) is 0 Å². The Kier molecular flexibility index (Phi) is 3.89. The van der Waals surface area contributed by atoms with Crippen LogP contribution < -0.4 is 5.73 Å². The van der Waals surface area contributed by atoms with Crippen molar-refractivity contribution in [2.24, 2.45) is 0 Å². The highest BCUT2D eigenvalue weighted by atomic mass is 32.2. The second-order valence-electron chi connectivity index (χ2n) is 4.49. The molecular formula is C12H19N3O2S. The second kappa shape index (κ2) is 5.26. The first-order valence-corrected chi connectivity index (χ1v) is 7.53. The number of nitrogens with zero attached hydrogens (tertiary/aromatic N) is 2. The lowest BCUT2D eigenvalue weighted by Crippen LogP contribution is -2.33. The number of nitrogens with two attached hydrogens (primary N) is 1. The Bertz CT molecular complexity index is 516. The topological polar surface area (TPSA) is 66.6 Å². The average Bonchev–Trinajstić information content (AvgIpc) is 2.57. The van der Waals surface area contributed by atoms with Crippen LogP contribution in [-0.4, -0.2) is 36.7 Å². The molecule has 18 heavy (non-hydrogen) atoms. The Labute approximate surface area is 108 Å². The third-order valence-corrected chi connectivity index (χ3v) is 5.02. The molecule has 0 spiro atoms. The predicted molar refractivity (Wildman–Crippen MR) is 72.0 cm³/mol. The monoisotopic (exact) mass is 269 g/mol. The van der Waals surface area contributed by atoms with E-state index in [1.807, 2.05) is 25.1 Å². The zero-order valence-corrected chi connectivity index (χ0v) is 11.4. The van der Waals surface area contributed by atoms with Gasteiger partial charge in [0.05, 0.1) is 0 Å². The van der Waals surface area contributed by atoms with Gasteiger partial charge in [0.2, 0.25) is 0 Å². The van der Waals surface area contributed by atoms with E-state index in [2.05, 4.69) is 0 Å². The summed E-state index contributed by atoms with van der Waals surface area (Å²) in [4.78, 5) is 0. The van der Waals surface area contributed by atoms with Gasteiger partial charge in [-0.05, 0) is 24.1 Å². The number of rotatable bonds is 4. The van der Waals surface area contributed by atoms with Crippen molar-refractivity contribution in [2.45, 2.75) is 19.9 Å². The third-order valence-electron chi connectivity index (χ3n) is 3.03. The van der Waals surface area contributed by atoms with E-state index in [1.54, 1.807) is 10.4 Å². The van der Waals surface area contributed by atoms with Crippen LogP contribution in [0.2, 0.25) is 0 Å². The van der Waals surface area contributed by atoms with Crippen LogP contribution in [0.15, 0.2) is 24.3 Å². The van der Waals surface area contributed by atoms with Crippen LogP contribution in [0.1, 0.15) is 18.9 Å². The standard InChI is InChI=1S/C12H19N3O2S/c1-2-6-14-7-8-15(18(14,16)17)10-11-4-3-5-12(13)9-11/h3-5,9H,2,6-8,10,13H2,1H3. The maximum absolute atomic E-state index is 12.2. The molecule has 1 fully saturated rings. The Morgan fingerprint density at radius 3 is 2.67 bits per heavy atom. The molecule has 1 heterocycles. The second-order valence-corrected chi connectivity index (χ2v) is 6.41. The molecule has 0 unspecified atom stereocenters. The van der Waals surface area contributed by atoms with E-state index < -0.39 is 10.2 Å². The highest BCUT2D eigenvalue weighted by Gasteiger charge is 2.35. The van der Waals surface area contributed by atoms with E-state index in [1.165, 1.54) is 4.31 Å². The summed E-state index contributed by atoms with van der Waals surface area (Å²) >= 11 is 0. The number of hydrogen-bond acceptors (Lipinski definition) is 3. The normalized spacial score (nSPS) is 20.3. The first kappa shape index (κ1) is 13.3. The summed E-state index contributed by atoms with van der Waals surface area (Å²) in [5.41, 5.74) is 7.29. The molecular weight excluding hydrogens is 250 g/mol. The van der Waals surface area contributed by atoms with Crippen molar-refractivity contribution in [3.05, 3.63) is 29.8 Å². The minimum absolute atomic E-state index is 0.396. The molecule has 5 nitrogen and oxygen atoms in total. The van der Waals surface area contributed by atoms with Gasteiger partial charge in [0, 0.05) is 31.9 Å². The average molecular weight is 269 g/mol. The lowest BCUT2D eigenvalue weighted by atomic mass is 10.2. The number of nitrogen functional groups attached to an aromatic ring is 1. The lowest BCUT2D eigenvalue weighted by Gasteiger charge is -2.18. The minimum atomic E-state index is -3.28. The maximum Gasteiger partial charge on any atom is 0.282 e. The quantitative estimate of drug-likeness (QED) is 0.831. The molecule has 1 aromatic carbocycles. The molecule has 0 aromatic heterocycles. The van der Waals surface area contributed by atoms with Gasteiger partial charge in [-0.2, -0.15) is 17.0 Å². The summed E-state index contributed by atoms with van der Waals surface area (Å²) in [6.07, 6.45) is 0.839. The summed E-state index contributed by atoms with van der Waals surface area (Å²) in [6.45, 7) is 4.11. The summed E-state index contributed by atoms with van der Waals surface area (Å²) in [5, 5.41) is 0. The molecule has 0 radical (unpaired) electrons. The fraction of sp³-hybridized carbons (Fsp3) is 0.500. The third kappa shape index (κ3) is 2.66. The number of anilines is 1. The molecule has 1 aliphatic heterocycles. The largest absolute Gasteiger partial charge is 0.399 e. The minimum Gasteiger partial charge on any atom is -0.399 e. The van der Waals surface area contributed by atoms with Crippen molar-refractivity contribution in [1.29, 1.82) is 0 Å². The van der Waals surface area contributed by atoms with E-state index >= 15 is 0 Å². The molecule has 2 rings (SSSR count). The van der Waals surface area contributed by atoms with E-state index in [4.69, 9.17) is 5.73 Å². The van der Waals surface area contributed by atoms with E-state index in [-0.39, 0.29) is 0 Å². The zero-order valence-electron chi connectivity index (χ0n) is 10.5. The van der Waals surface area contributed by atoms with Gasteiger partial charge in [0.15, 0.2) is 0 Å². The Hall–Kier alpha value is -1.11. The highest BCUT2D eigenvalue weighted by Crippen LogP contribution is 2.20. The molecule has 1 aliphatic rings. The Morgan fingerprint density at radius 2 is 2.00 bits per heavy atom. The predicted octanol–water partition coefficient (Wildman–Crippen LogP) is 1.04. The van der Waals surface area contributed by atoms with Crippen molar-refractivity contribution >= 4 is 15.9 Å². The van der Waals surface area contributed by atoms with Crippen molar-refractivity contribution < 1.29 is 8.42 Å². The van der Waals surface area contributed by atoms with Gasteiger partial charge in [0.1, 0.15) is 0 Å². The summed E-state index contributed by atoms with van der Waals surface area (Å²) < 4.78 is 27.4. The Balaban J connectivity index is 2.12. The van der Waals surface area contributed by atoms with Crippen molar-refractivity contribution in [1.82, 2.24) is 8.61 Å². The van der Waals surface area contributed by atoms with Crippen molar-refractivity contribution in [3.63, 3.8) is 0 Å². The lowest BCUT2D eigenvalue weighted by molar-refractivity contribution is 0.439. The molecule has 100 valence electrons. The Morgan fingerprint density at radius 1 is 1.28 bits per heavy atom. The number of hydrogen-bond donors (Lipinski definition) is 1. The smallest absolute Gasteiger partial charge is 0.282 e. The van der Waals surface area contributed by atoms with Crippen molar-refractivity contribution in [3.8, 4) is 0 Å².